The van der Waals surface area contributed by atoms with E-state index in [9.17, 15) is 14.7 Å². The highest BCUT2D eigenvalue weighted by Crippen LogP contribution is 2.20. The molecule has 0 aliphatic carbocycles. The molecule has 1 aromatic rings. The summed E-state index contributed by atoms with van der Waals surface area (Å²) in [5.41, 5.74) is 0.962. The Bertz CT molecular complexity index is 547. The second-order valence-electron chi connectivity index (χ2n) is 7.13. The summed E-state index contributed by atoms with van der Waals surface area (Å²) in [6.07, 6.45) is 5.01. The lowest BCUT2D eigenvalue weighted by Gasteiger charge is -2.12. The molecule has 1 rings (SSSR count). The van der Waals surface area contributed by atoms with Gasteiger partial charge in [0.15, 0.2) is 0 Å². The number of unbranched alkanes of at least 4 members (excludes halogenated alkanes) is 2. The maximum absolute atomic E-state index is 12.2. The number of aryl methyl sites for hydroxylation is 1. The number of carbonyl (C=O) groups excluding carboxylic acids is 1. The van der Waals surface area contributed by atoms with Crippen molar-refractivity contribution in [2.24, 2.45) is 11.8 Å². The third-order valence-electron chi connectivity index (χ3n) is 3.86. The maximum atomic E-state index is 12.2. The molecular formula is C20H30O4. The fraction of sp³-hybridized carbons (Fsp3) is 0.600. The van der Waals surface area contributed by atoms with Gasteiger partial charge in [-0.2, -0.15) is 0 Å². The molecule has 0 heterocycles. The Labute approximate surface area is 145 Å². The van der Waals surface area contributed by atoms with Crippen molar-refractivity contribution >= 4 is 11.9 Å². The number of hydrogen-bond acceptors (Lipinski definition) is 3. The number of carbonyl (C=O) groups is 2. The topological polar surface area (TPSA) is 63.6 Å². The van der Waals surface area contributed by atoms with E-state index in [2.05, 4.69) is 13.8 Å². The smallest absolute Gasteiger partial charge is 0.339 e. The summed E-state index contributed by atoms with van der Waals surface area (Å²) in [7, 11) is 0. The average molecular weight is 334 g/mol. The van der Waals surface area contributed by atoms with E-state index in [4.69, 9.17) is 4.74 Å². The lowest BCUT2D eigenvalue weighted by molar-refractivity contribution is 0.0450. The fourth-order valence-corrected chi connectivity index (χ4v) is 2.60. The predicted octanol–water partition coefficient (Wildman–Crippen LogP) is 4.96. The summed E-state index contributed by atoms with van der Waals surface area (Å²) >= 11 is 0. The van der Waals surface area contributed by atoms with E-state index in [-0.39, 0.29) is 23.7 Å². The van der Waals surface area contributed by atoms with Gasteiger partial charge in [0, 0.05) is 0 Å². The second kappa shape index (κ2) is 10.1. The van der Waals surface area contributed by atoms with Crippen LogP contribution in [0.5, 0.6) is 0 Å². The van der Waals surface area contributed by atoms with E-state index >= 15 is 0 Å². The Balaban J connectivity index is 2.80. The molecule has 0 amide bonds. The number of carboxylic acid groups (broad SMARTS) is 1. The molecule has 1 aromatic carbocycles. The lowest BCUT2D eigenvalue weighted by Crippen LogP contribution is -2.16. The first-order valence-corrected chi connectivity index (χ1v) is 8.85. The average Bonchev–Trinajstić information content (AvgIpc) is 2.51. The summed E-state index contributed by atoms with van der Waals surface area (Å²) in [6.45, 7) is 8.58. The number of ether oxygens (including phenoxy) is 1. The number of hydrogen-bond donors (Lipinski definition) is 1. The standard InChI is InChI=1S/C20H30O4/c1-14(2)9-6-5-7-10-16-11-8-12-17(18(16)19(21)22)20(23)24-13-15(3)4/h8,11-12,14-15H,5-7,9-10,13H2,1-4H3,(H,21,22). The van der Waals surface area contributed by atoms with Crippen LogP contribution in [0.2, 0.25) is 0 Å². The Morgan fingerprint density at radius 1 is 1.04 bits per heavy atom. The van der Waals surface area contributed by atoms with E-state index in [1.54, 1.807) is 12.1 Å². The SMILES string of the molecule is CC(C)CCCCCc1cccc(C(=O)OCC(C)C)c1C(=O)O. The van der Waals surface area contributed by atoms with Crippen LogP contribution in [0, 0.1) is 11.8 Å². The number of rotatable bonds is 10. The highest BCUT2D eigenvalue weighted by molar-refractivity contribution is 6.03. The molecule has 0 saturated carbocycles. The van der Waals surface area contributed by atoms with Crippen LogP contribution in [-0.4, -0.2) is 23.7 Å². The van der Waals surface area contributed by atoms with Crippen molar-refractivity contribution in [1.82, 2.24) is 0 Å². The van der Waals surface area contributed by atoms with E-state index in [0.717, 1.165) is 19.3 Å². The minimum atomic E-state index is -1.07. The highest BCUT2D eigenvalue weighted by atomic mass is 16.5. The molecule has 4 heteroatoms. The Kier molecular flexibility index (Phi) is 8.51. The molecule has 0 fully saturated rings. The molecule has 0 aliphatic rings. The molecule has 134 valence electrons. The maximum Gasteiger partial charge on any atom is 0.339 e. The van der Waals surface area contributed by atoms with Crippen LogP contribution < -0.4 is 0 Å². The Hall–Kier alpha value is -1.84. The second-order valence-corrected chi connectivity index (χ2v) is 7.13. The van der Waals surface area contributed by atoms with E-state index < -0.39 is 11.9 Å². The first kappa shape index (κ1) is 20.2. The Morgan fingerprint density at radius 3 is 2.33 bits per heavy atom. The third kappa shape index (κ3) is 6.73. The van der Waals surface area contributed by atoms with Gasteiger partial charge in [0.25, 0.3) is 0 Å². The minimum absolute atomic E-state index is 0.0927. The van der Waals surface area contributed by atoms with Crippen LogP contribution in [0.15, 0.2) is 18.2 Å². The Morgan fingerprint density at radius 2 is 1.75 bits per heavy atom. The summed E-state index contributed by atoms with van der Waals surface area (Å²) < 4.78 is 5.20. The van der Waals surface area contributed by atoms with E-state index in [1.165, 1.54) is 12.5 Å². The molecule has 0 spiro atoms. The van der Waals surface area contributed by atoms with Crippen molar-refractivity contribution in [1.29, 1.82) is 0 Å². The van der Waals surface area contributed by atoms with E-state index in [1.807, 2.05) is 13.8 Å². The first-order chi connectivity index (χ1) is 11.3. The third-order valence-corrected chi connectivity index (χ3v) is 3.86. The van der Waals surface area contributed by atoms with Crippen molar-refractivity contribution in [3.63, 3.8) is 0 Å². The van der Waals surface area contributed by atoms with Gasteiger partial charge in [-0.15, -0.1) is 0 Å². The number of benzene rings is 1. The normalized spacial score (nSPS) is 11.1. The van der Waals surface area contributed by atoms with Crippen LogP contribution in [0.3, 0.4) is 0 Å². The zero-order valence-electron chi connectivity index (χ0n) is 15.3. The van der Waals surface area contributed by atoms with Crippen LogP contribution in [0.1, 0.15) is 79.7 Å². The highest BCUT2D eigenvalue weighted by Gasteiger charge is 2.21. The van der Waals surface area contributed by atoms with Gasteiger partial charge >= 0.3 is 11.9 Å². The molecule has 0 atom stereocenters. The molecule has 24 heavy (non-hydrogen) atoms. The summed E-state index contributed by atoms with van der Waals surface area (Å²) in [4.78, 5) is 23.8. The van der Waals surface area contributed by atoms with Crippen molar-refractivity contribution < 1.29 is 19.4 Å². The van der Waals surface area contributed by atoms with Crippen LogP contribution in [0.25, 0.3) is 0 Å². The number of aromatic carboxylic acids is 1. The van der Waals surface area contributed by atoms with Gasteiger partial charge in [-0.3, -0.25) is 0 Å². The predicted molar refractivity (Wildman–Crippen MR) is 95.5 cm³/mol. The molecule has 0 radical (unpaired) electrons. The summed E-state index contributed by atoms with van der Waals surface area (Å²) in [5, 5.41) is 9.54. The first-order valence-electron chi connectivity index (χ1n) is 8.85. The molecule has 1 N–H and O–H groups in total. The van der Waals surface area contributed by atoms with Crippen molar-refractivity contribution in [2.45, 2.75) is 59.8 Å². The quantitative estimate of drug-likeness (QED) is 0.485. The fourth-order valence-electron chi connectivity index (χ4n) is 2.60. The van der Waals surface area contributed by atoms with Gasteiger partial charge in [-0.05, 0) is 36.3 Å². The van der Waals surface area contributed by atoms with Gasteiger partial charge in [0.2, 0.25) is 0 Å². The van der Waals surface area contributed by atoms with Gasteiger partial charge in [-0.1, -0.05) is 59.1 Å². The van der Waals surface area contributed by atoms with Crippen molar-refractivity contribution in [3.8, 4) is 0 Å². The molecule has 0 aliphatic heterocycles. The lowest BCUT2D eigenvalue weighted by atomic mass is 9.96. The molecule has 0 bridgehead atoms. The molecule has 0 saturated heterocycles. The zero-order chi connectivity index (χ0) is 18.1. The minimum Gasteiger partial charge on any atom is -0.478 e. The summed E-state index contributed by atoms with van der Waals surface area (Å²) in [6, 6.07) is 5.07. The van der Waals surface area contributed by atoms with Crippen molar-refractivity contribution in [2.75, 3.05) is 6.61 Å². The molecule has 0 aromatic heterocycles. The zero-order valence-corrected chi connectivity index (χ0v) is 15.3. The van der Waals surface area contributed by atoms with Gasteiger partial charge in [0.05, 0.1) is 17.7 Å². The van der Waals surface area contributed by atoms with E-state index in [0.29, 0.717) is 17.9 Å². The van der Waals surface area contributed by atoms with Gasteiger partial charge in [-0.25, -0.2) is 9.59 Å². The molecule has 0 unspecified atom stereocenters. The van der Waals surface area contributed by atoms with Crippen LogP contribution in [0.4, 0.5) is 0 Å². The molecular weight excluding hydrogens is 304 g/mol. The van der Waals surface area contributed by atoms with Crippen LogP contribution >= 0.6 is 0 Å². The number of carboxylic acids is 1. The van der Waals surface area contributed by atoms with Gasteiger partial charge in [0.1, 0.15) is 0 Å². The summed E-state index contributed by atoms with van der Waals surface area (Å²) in [5.74, 6) is -0.711. The molecule has 4 nitrogen and oxygen atoms in total. The monoisotopic (exact) mass is 334 g/mol. The van der Waals surface area contributed by atoms with Gasteiger partial charge < -0.3 is 9.84 Å². The largest absolute Gasteiger partial charge is 0.478 e. The van der Waals surface area contributed by atoms with Crippen LogP contribution in [-0.2, 0) is 11.2 Å². The number of esters is 1. The van der Waals surface area contributed by atoms with Crippen molar-refractivity contribution in [3.05, 3.63) is 34.9 Å².